The summed E-state index contributed by atoms with van der Waals surface area (Å²) in [5, 5.41) is 0. The smallest absolute Gasteiger partial charge is 0.245 e. The molecule has 2 amide bonds. The van der Waals surface area contributed by atoms with Gasteiger partial charge in [-0.2, -0.15) is 0 Å². The topological polar surface area (TPSA) is 62.7 Å². The van der Waals surface area contributed by atoms with Crippen LogP contribution < -0.4 is 0 Å². The van der Waals surface area contributed by atoms with Crippen molar-refractivity contribution in [3.8, 4) is 0 Å². The average molecular weight is 331 g/mol. The Morgan fingerprint density at radius 3 is 2.88 bits per heavy atom. The van der Waals surface area contributed by atoms with Gasteiger partial charge in [-0.15, -0.1) is 0 Å². The van der Waals surface area contributed by atoms with Crippen LogP contribution in [0.25, 0.3) is 0 Å². The standard InChI is InChI=1S/C18H25N3O3/c1-24-11-10-20(13-14-4-2-8-19-12-14)18(23)16-5-3-9-21(16)17(22)15-6-7-15/h2,4,8,12,15-16H,3,5-7,9-11,13H2,1H3/t16-/m0/s1. The average Bonchev–Trinajstić information content (AvgIpc) is 3.35. The summed E-state index contributed by atoms with van der Waals surface area (Å²) in [5.41, 5.74) is 0.986. The van der Waals surface area contributed by atoms with Gasteiger partial charge in [0.2, 0.25) is 11.8 Å². The summed E-state index contributed by atoms with van der Waals surface area (Å²) in [6.07, 6.45) is 7.10. The van der Waals surface area contributed by atoms with Crippen molar-refractivity contribution in [3.63, 3.8) is 0 Å². The monoisotopic (exact) mass is 331 g/mol. The molecule has 130 valence electrons. The zero-order valence-corrected chi connectivity index (χ0v) is 14.2. The molecule has 1 aromatic heterocycles. The van der Waals surface area contributed by atoms with Crippen LogP contribution in [0.4, 0.5) is 0 Å². The lowest BCUT2D eigenvalue weighted by Crippen LogP contribution is -2.48. The number of rotatable bonds is 7. The van der Waals surface area contributed by atoms with Gasteiger partial charge in [0, 0.05) is 45.1 Å². The van der Waals surface area contributed by atoms with E-state index in [9.17, 15) is 9.59 Å². The first-order valence-electron chi connectivity index (χ1n) is 8.68. The Labute approximate surface area is 142 Å². The van der Waals surface area contributed by atoms with Crippen LogP contribution in [0.1, 0.15) is 31.2 Å². The summed E-state index contributed by atoms with van der Waals surface area (Å²) >= 11 is 0. The molecule has 0 spiro atoms. The van der Waals surface area contributed by atoms with Crippen LogP contribution in [0, 0.1) is 5.92 Å². The number of pyridine rings is 1. The Kier molecular flexibility index (Phi) is 5.45. The largest absolute Gasteiger partial charge is 0.383 e. The van der Waals surface area contributed by atoms with E-state index in [1.54, 1.807) is 24.4 Å². The van der Waals surface area contributed by atoms with Gasteiger partial charge in [-0.1, -0.05) is 6.07 Å². The molecule has 0 radical (unpaired) electrons. The Morgan fingerprint density at radius 2 is 2.21 bits per heavy atom. The molecule has 6 nitrogen and oxygen atoms in total. The first-order chi connectivity index (χ1) is 11.7. The van der Waals surface area contributed by atoms with Gasteiger partial charge >= 0.3 is 0 Å². The molecule has 0 unspecified atom stereocenters. The van der Waals surface area contributed by atoms with E-state index in [0.29, 0.717) is 26.2 Å². The molecule has 2 aliphatic rings. The highest BCUT2D eigenvalue weighted by atomic mass is 16.5. The maximum Gasteiger partial charge on any atom is 0.245 e. The molecule has 1 aliphatic heterocycles. The van der Waals surface area contributed by atoms with Crippen LogP contribution in [0.5, 0.6) is 0 Å². The maximum absolute atomic E-state index is 13.1. The third kappa shape index (κ3) is 3.93. The lowest BCUT2D eigenvalue weighted by atomic mass is 10.1. The first kappa shape index (κ1) is 16.9. The summed E-state index contributed by atoms with van der Waals surface area (Å²) in [4.78, 5) is 33.2. The zero-order valence-electron chi connectivity index (χ0n) is 14.2. The molecule has 3 rings (SSSR count). The summed E-state index contributed by atoms with van der Waals surface area (Å²) in [6.45, 7) is 2.20. The van der Waals surface area contributed by atoms with Gasteiger partial charge in [-0.3, -0.25) is 14.6 Å². The number of carbonyl (C=O) groups is 2. The van der Waals surface area contributed by atoms with Crippen LogP contribution >= 0.6 is 0 Å². The quantitative estimate of drug-likeness (QED) is 0.759. The molecule has 24 heavy (non-hydrogen) atoms. The number of methoxy groups -OCH3 is 1. The predicted molar refractivity (Wildman–Crippen MR) is 89.0 cm³/mol. The van der Waals surface area contributed by atoms with E-state index in [1.165, 1.54) is 0 Å². The minimum absolute atomic E-state index is 0.0300. The highest BCUT2D eigenvalue weighted by Gasteiger charge is 2.41. The zero-order chi connectivity index (χ0) is 16.9. The van der Waals surface area contributed by atoms with Gasteiger partial charge in [0.1, 0.15) is 6.04 Å². The second-order valence-electron chi connectivity index (χ2n) is 6.58. The van der Waals surface area contributed by atoms with E-state index in [1.807, 2.05) is 17.0 Å². The minimum Gasteiger partial charge on any atom is -0.383 e. The Morgan fingerprint density at radius 1 is 1.38 bits per heavy atom. The van der Waals surface area contributed by atoms with Gasteiger partial charge in [0.05, 0.1) is 6.61 Å². The molecule has 1 saturated heterocycles. The molecular formula is C18H25N3O3. The van der Waals surface area contributed by atoms with Gasteiger partial charge in [-0.25, -0.2) is 0 Å². The molecular weight excluding hydrogens is 306 g/mol. The Bertz CT molecular complexity index is 574. The third-order valence-corrected chi connectivity index (χ3v) is 4.72. The molecule has 0 aromatic carbocycles. The van der Waals surface area contributed by atoms with Crippen LogP contribution in [0.2, 0.25) is 0 Å². The van der Waals surface area contributed by atoms with E-state index in [4.69, 9.17) is 4.74 Å². The first-order valence-corrected chi connectivity index (χ1v) is 8.68. The van der Waals surface area contributed by atoms with E-state index in [2.05, 4.69) is 4.98 Å². The molecule has 1 aromatic rings. The number of nitrogens with zero attached hydrogens (tertiary/aromatic N) is 3. The fourth-order valence-electron chi connectivity index (χ4n) is 3.24. The molecule has 1 atom stereocenters. The van der Waals surface area contributed by atoms with Crippen molar-refractivity contribution < 1.29 is 14.3 Å². The van der Waals surface area contributed by atoms with E-state index in [0.717, 1.165) is 31.2 Å². The lowest BCUT2D eigenvalue weighted by Gasteiger charge is -2.30. The van der Waals surface area contributed by atoms with E-state index in [-0.39, 0.29) is 23.8 Å². The third-order valence-electron chi connectivity index (χ3n) is 4.72. The Balaban J connectivity index is 1.70. The van der Waals surface area contributed by atoms with Crippen molar-refractivity contribution in [3.05, 3.63) is 30.1 Å². The molecule has 6 heteroatoms. The van der Waals surface area contributed by atoms with Crippen molar-refractivity contribution in [2.45, 2.75) is 38.3 Å². The number of carbonyl (C=O) groups excluding carboxylic acids is 2. The minimum atomic E-state index is -0.313. The van der Waals surface area contributed by atoms with Crippen LogP contribution in [0.3, 0.4) is 0 Å². The maximum atomic E-state index is 13.1. The van der Waals surface area contributed by atoms with Crippen molar-refractivity contribution in [2.75, 3.05) is 26.8 Å². The lowest BCUT2D eigenvalue weighted by molar-refractivity contribution is -0.145. The number of aromatic nitrogens is 1. The normalized spacial score (nSPS) is 20.2. The molecule has 1 saturated carbocycles. The van der Waals surface area contributed by atoms with Crippen LogP contribution in [0.15, 0.2) is 24.5 Å². The number of amides is 2. The highest BCUT2D eigenvalue weighted by Crippen LogP contribution is 2.34. The number of ether oxygens (including phenoxy) is 1. The number of likely N-dealkylation sites (tertiary alicyclic amines) is 1. The molecule has 2 heterocycles. The van der Waals surface area contributed by atoms with Gasteiger partial charge in [0.15, 0.2) is 0 Å². The molecule has 2 fully saturated rings. The fraction of sp³-hybridized carbons (Fsp3) is 0.611. The van der Waals surface area contributed by atoms with Crippen molar-refractivity contribution >= 4 is 11.8 Å². The van der Waals surface area contributed by atoms with E-state index < -0.39 is 0 Å². The molecule has 0 bridgehead atoms. The summed E-state index contributed by atoms with van der Waals surface area (Å²) in [6, 6.07) is 3.51. The summed E-state index contributed by atoms with van der Waals surface area (Å²) in [5.74, 6) is 0.352. The highest BCUT2D eigenvalue weighted by molar-refractivity contribution is 5.90. The van der Waals surface area contributed by atoms with Gasteiger partial charge < -0.3 is 14.5 Å². The molecule has 1 aliphatic carbocycles. The van der Waals surface area contributed by atoms with Crippen LogP contribution in [-0.2, 0) is 20.9 Å². The number of hydrogen-bond acceptors (Lipinski definition) is 4. The second-order valence-corrected chi connectivity index (χ2v) is 6.58. The second kappa shape index (κ2) is 7.75. The van der Waals surface area contributed by atoms with Gasteiger partial charge in [0.25, 0.3) is 0 Å². The fourth-order valence-corrected chi connectivity index (χ4v) is 3.24. The van der Waals surface area contributed by atoms with E-state index >= 15 is 0 Å². The Hall–Kier alpha value is -1.95. The summed E-state index contributed by atoms with van der Waals surface area (Å²) < 4.78 is 5.16. The number of hydrogen-bond donors (Lipinski definition) is 0. The van der Waals surface area contributed by atoms with Crippen LogP contribution in [-0.4, -0.2) is 59.4 Å². The van der Waals surface area contributed by atoms with Gasteiger partial charge in [-0.05, 0) is 37.3 Å². The van der Waals surface area contributed by atoms with Crippen molar-refractivity contribution in [2.24, 2.45) is 5.92 Å². The molecule has 0 N–H and O–H groups in total. The summed E-state index contributed by atoms with van der Waals surface area (Å²) in [7, 11) is 1.63. The van der Waals surface area contributed by atoms with Crippen molar-refractivity contribution in [1.82, 2.24) is 14.8 Å². The van der Waals surface area contributed by atoms with Crippen molar-refractivity contribution in [1.29, 1.82) is 0 Å². The SMILES string of the molecule is COCCN(Cc1cccnc1)C(=O)[C@@H]1CCCN1C(=O)C1CC1. The predicted octanol–water partition coefficient (Wildman–Crippen LogP) is 1.46.